The lowest BCUT2D eigenvalue weighted by molar-refractivity contribution is 0.200. The number of nitrogens with one attached hydrogen (secondary N) is 2. The lowest BCUT2D eigenvalue weighted by Crippen LogP contribution is -2.45. The van der Waals surface area contributed by atoms with E-state index in [1.807, 2.05) is 0 Å². The number of aromatic amines is 1. The molecule has 1 aromatic heterocycles. The van der Waals surface area contributed by atoms with Gasteiger partial charge in [-0.3, -0.25) is 14.7 Å². The average Bonchev–Trinajstić information content (AvgIpc) is 2.55. The van der Waals surface area contributed by atoms with Gasteiger partial charge in [-0.2, -0.15) is 0 Å². The maximum atomic E-state index is 12.3. The van der Waals surface area contributed by atoms with Crippen molar-refractivity contribution < 1.29 is 0 Å². The molecule has 2 heterocycles. The van der Waals surface area contributed by atoms with Gasteiger partial charge in [0.15, 0.2) is 0 Å². The van der Waals surface area contributed by atoms with Crippen molar-refractivity contribution in [1.29, 1.82) is 0 Å². The van der Waals surface area contributed by atoms with Crippen LogP contribution in [0.3, 0.4) is 0 Å². The standard InChI is InChI=1S/C16H19ClN4O2/c1-3-10(2)20-8-13-14(18-9-20)21(16(23)19-15(13)22)12-6-4-11(17)5-7-12/h4-7,10,18H,3,8-9H2,1-2H3,(H,19,22,23)/t10-/m0/s1. The molecular formula is C16H19ClN4O2. The van der Waals surface area contributed by atoms with Gasteiger partial charge in [0.1, 0.15) is 5.82 Å². The summed E-state index contributed by atoms with van der Waals surface area (Å²) >= 11 is 5.91. The van der Waals surface area contributed by atoms with Crippen molar-refractivity contribution in [2.24, 2.45) is 0 Å². The normalized spacial score (nSPS) is 15.8. The van der Waals surface area contributed by atoms with Crippen LogP contribution in [0.2, 0.25) is 5.02 Å². The smallest absolute Gasteiger partial charge is 0.334 e. The highest BCUT2D eigenvalue weighted by atomic mass is 35.5. The van der Waals surface area contributed by atoms with Gasteiger partial charge in [0.05, 0.1) is 17.9 Å². The molecule has 0 amide bonds. The molecule has 2 aromatic rings. The molecule has 0 radical (unpaired) electrons. The van der Waals surface area contributed by atoms with E-state index in [0.717, 1.165) is 6.42 Å². The molecule has 7 heteroatoms. The highest BCUT2D eigenvalue weighted by Gasteiger charge is 2.25. The third kappa shape index (κ3) is 2.92. The Morgan fingerprint density at radius 1 is 1.26 bits per heavy atom. The molecule has 0 fully saturated rings. The van der Waals surface area contributed by atoms with Gasteiger partial charge in [0, 0.05) is 17.6 Å². The quantitative estimate of drug-likeness (QED) is 0.902. The predicted molar refractivity (Wildman–Crippen MR) is 91.5 cm³/mol. The van der Waals surface area contributed by atoms with Crippen molar-refractivity contribution in [3.8, 4) is 5.69 Å². The molecule has 1 aliphatic rings. The molecule has 1 atom stereocenters. The van der Waals surface area contributed by atoms with Gasteiger partial charge in [-0.05, 0) is 37.6 Å². The zero-order chi connectivity index (χ0) is 16.6. The van der Waals surface area contributed by atoms with E-state index in [-0.39, 0.29) is 5.56 Å². The fourth-order valence-corrected chi connectivity index (χ4v) is 2.87. The molecule has 23 heavy (non-hydrogen) atoms. The number of hydrogen-bond donors (Lipinski definition) is 2. The summed E-state index contributed by atoms with van der Waals surface area (Å²) in [4.78, 5) is 29.1. The molecule has 6 nitrogen and oxygen atoms in total. The van der Waals surface area contributed by atoms with Crippen molar-refractivity contribution in [3.63, 3.8) is 0 Å². The summed E-state index contributed by atoms with van der Waals surface area (Å²) in [5, 5.41) is 3.82. The minimum absolute atomic E-state index is 0.337. The Kier molecular flexibility index (Phi) is 4.28. The molecule has 0 saturated heterocycles. The van der Waals surface area contributed by atoms with Crippen LogP contribution in [0.5, 0.6) is 0 Å². The highest BCUT2D eigenvalue weighted by Crippen LogP contribution is 2.23. The van der Waals surface area contributed by atoms with Gasteiger partial charge in [-0.25, -0.2) is 9.36 Å². The topological polar surface area (TPSA) is 70.1 Å². The van der Waals surface area contributed by atoms with Crippen LogP contribution in [0.1, 0.15) is 25.8 Å². The van der Waals surface area contributed by atoms with Crippen LogP contribution < -0.4 is 16.6 Å². The molecule has 122 valence electrons. The highest BCUT2D eigenvalue weighted by molar-refractivity contribution is 6.30. The Labute approximate surface area is 138 Å². The third-order valence-electron chi connectivity index (χ3n) is 4.32. The number of H-pyrrole nitrogens is 1. The number of fused-ring (bicyclic) bond motifs is 1. The second-order valence-electron chi connectivity index (χ2n) is 5.74. The largest absolute Gasteiger partial charge is 0.358 e. The zero-order valence-electron chi connectivity index (χ0n) is 13.1. The Balaban J connectivity index is 2.12. The van der Waals surface area contributed by atoms with E-state index in [1.165, 1.54) is 4.57 Å². The van der Waals surface area contributed by atoms with Crippen molar-refractivity contribution in [2.45, 2.75) is 32.9 Å². The number of benzene rings is 1. The molecule has 0 aliphatic carbocycles. The summed E-state index contributed by atoms with van der Waals surface area (Å²) in [5.74, 6) is 0.556. The van der Waals surface area contributed by atoms with Crippen molar-refractivity contribution >= 4 is 17.4 Å². The van der Waals surface area contributed by atoms with Crippen LogP contribution in [0.4, 0.5) is 5.82 Å². The number of aromatic nitrogens is 2. The molecule has 0 spiro atoms. The van der Waals surface area contributed by atoms with Crippen LogP contribution in [0, 0.1) is 0 Å². The predicted octanol–water partition coefficient (Wildman–Crippen LogP) is 2.16. The van der Waals surface area contributed by atoms with Gasteiger partial charge >= 0.3 is 5.69 Å². The lowest BCUT2D eigenvalue weighted by atomic mass is 10.1. The Morgan fingerprint density at radius 2 is 1.96 bits per heavy atom. The molecular weight excluding hydrogens is 316 g/mol. The van der Waals surface area contributed by atoms with Crippen LogP contribution in [-0.2, 0) is 6.54 Å². The van der Waals surface area contributed by atoms with Crippen molar-refractivity contribution in [2.75, 3.05) is 12.0 Å². The first-order valence-electron chi connectivity index (χ1n) is 7.63. The van der Waals surface area contributed by atoms with E-state index < -0.39 is 5.69 Å². The summed E-state index contributed by atoms with van der Waals surface area (Å²) in [6.45, 7) is 5.34. The van der Waals surface area contributed by atoms with Crippen LogP contribution in [0.15, 0.2) is 33.9 Å². The average molecular weight is 335 g/mol. The van der Waals surface area contributed by atoms with Gasteiger partial charge in [-0.15, -0.1) is 0 Å². The van der Waals surface area contributed by atoms with Gasteiger partial charge in [-0.1, -0.05) is 18.5 Å². The Bertz CT molecular complexity index is 825. The summed E-state index contributed by atoms with van der Waals surface area (Å²) in [6.07, 6.45) is 0.992. The first kappa shape index (κ1) is 15.8. The maximum Gasteiger partial charge on any atom is 0.334 e. The zero-order valence-corrected chi connectivity index (χ0v) is 13.9. The molecule has 2 N–H and O–H groups in total. The monoisotopic (exact) mass is 334 g/mol. The number of halogens is 1. The van der Waals surface area contributed by atoms with E-state index in [1.54, 1.807) is 24.3 Å². The molecule has 3 rings (SSSR count). The van der Waals surface area contributed by atoms with Gasteiger partial charge < -0.3 is 5.32 Å². The van der Waals surface area contributed by atoms with Crippen LogP contribution in [0.25, 0.3) is 5.69 Å². The second kappa shape index (κ2) is 6.22. The van der Waals surface area contributed by atoms with Crippen LogP contribution >= 0.6 is 11.6 Å². The number of anilines is 1. The number of hydrogen-bond acceptors (Lipinski definition) is 4. The van der Waals surface area contributed by atoms with E-state index in [2.05, 4.69) is 29.0 Å². The van der Waals surface area contributed by atoms with Gasteiger partial charge in [0.2, 0.25) is 0 Å². The SMILES string of the molecule is CC[C@H](C)N1CNc2c(c(=O)[nH]c(=O)n2-c2ccc(Cl)cc2)C1. The first-order chi connectivity index (χ1) is 11.0. The summed E-state index contributed by atoms with van der Waals surface area (Å²) in [6, 6.07) is 7.30. The number of nitrogens with zero attached hydrogens (tertiary/aromatic N) is 2. The fraction of sp³-hybridized carbons (Fsp3) is 0.375. The second-order valence-corrected chi connectivity index (χ2v) is 6.17. The minimum Gasteiger partial charge on any atom is -0.358 e. The molecule has 0 saturated carbocycles. The summed E-state index contributed by atoms with van der Waals surface area (Å²) in [5.41, 5.74) is 0.443. The van der Waals surface area contributed by atoms with E-state index in [0.29, 0.717) is 41.3 Å². The third-order valence-corrected chi connectivity index (χ3v) is 4.57. The van der Waals surface area contributed by atoms with E-state index in [9.17, 15) is 9.59 Å². The Hall–Kier alpha value is -2.05. The molecule has 0 bridgehead atoms. The van der Waals surface area contributed by atoms with E-state index >= 15 is 0 Å². The van der Waals surface area contributed by atoms with Crippen LogP contribution in [-0.4, -0.2) is 27.2 Å². The van der Waals surface area contributed by atoms with Crippen molar-refractivity contribution in [1.82, 2.24) is 14.5 Å². The molecule has 1 aliphatic heterocycles. The van der Waals surface area contributed by atoms with E-state index in [4.69, 9.17) is 11.6 Å². The first-order valence-corrected chi connectivity index (χ1v) is 8.01. The summed E-state index contributed by atoms with van der Waals surface area (Å²) < 4.78 is 1.49. The van der Waals surface area contributed by atoms with Crippen molar-refractivity contribution in [3.05, 3.63) is 55.7 Å². The maximum absolute atomic E-state index is 12.3. The Morgan fingerprint density at radius 3 is 2.61 bits per heavy atom. The summed E-state index contributed by atoms with van der Waals surface area (Å²) in [7, 11) is 0. The lowest BCUT2D eigenvalue weighted by Gasteiger charge is -2.34. The fourth-order valence-electron chi connectivity index (χ4n) is 2.75. The number of rotatable bonds is 3. The molecule has 1 aromatic carbocycles. The minimum atomic E-state index is -0.458. The molecule has 0 unspecified atom stereocenters. The van der Waals surface area contributed by atoms with Gasteiger partial charge in [0.25, 0.3) is 5.56 Å².